The molecule has 5 rings (SSSR count). The first kappa shape index (κ1) is 22.7. The molecule has 0 bridgehead atoms. The number of anilines is 1. The summed E-state index contributed by atoms with van der Waals surface area (Å²) in [5.74, 6) is 0.130. The summed E-state index contributed by atoms with van der Waals surface area (Å²) in [4.78, 5) is 43.3. The SMILES string of the molecule is COc1ccc([C@@H](NC(=O)CN2C(=O)c3ccccc3N3C(=O)c4ccccc4[C@H]23)C(C)C)cc1. The zero-order valence-corrected chi connectivity index (χ0v) is 19.9. The predicted octanol–water partition coefficient (Wildman–Crippen LogP) is 4.32. The Morgan fingerprint density at radius 2 is 1.57 bits per heavy atom. The van der Waals surface area contributed by atoms with E-state index < -0.39 is 6.17 Å². The first-order valence-corrected chi connectivity index (χ1v) is 11.7. The fraction of sp³-hybridized carbons (Fsp3) is 0.250. The second kappa shape index (κ2) is 8.91. The molecule has 0 unspecified atom stereocenters. The lowest BCUT2D eigenvalue weighted by atomic mass is 9.96. The van der Waals surface area contributed by atoms with Crippen molar-refractivity contribution in [2.75, 3.05) is 18.6 Å². The molecule has 3 amide bonds. The van der Waals surface area contributed by atoms with Crippen LogP contribution < -0.4 is 15.0 Å². The van der Waals surface area contributed by atoms with Crippen molar-refractivity contribution in [3.63, 3.8) is 0 Å². The van der Waals surface area contributed by atoms with E-state index in [0.29, 0.717) is 16.8 Å². The number of benzene rings is 3. The smallest absolute Gasteiger partial charge is 0.260 e. The van der Waals surface area contributed by atoms with Crippen LogP contribution in [0.5, 0.6) is 5.75 Å². The Morgan fingerprint density at radius 3 is 2.26 bits per heavy atom. The molecule has 1 N–H and O–H groups in total. The highest BCUT2D eigenvalue weighted by molar-refractivity contribution is 6.17. The maximum atomic E-state index is 13.6. The molecule has 7 heteroatoms. The molecule has 3 aromatic carbocycles. The minimum absolute atomic E-state index is 0.121. The van der Waals surface area contributed by atoms with Gasteiger partial charge >= 0.3 is 0 Å². The van der Waals surface area contributed by atoms with Crippen LogP contribution in [0.1, 0.15) is 57.9 Å². The van der Waals surface area contributed by atoms with E-state index in [-0.39, 0.29) is 36.2 Å². The number of amides is 3. The number of nitrogens with zero attached hydrogens (tertiary/aromatic N) is 2. The van der Waals surface area contributed by atoms with E-state index in [1.165, 1.54) is 4.90 Å². The van der Waals surface area contributed by atoms with Gasteiger partial charge in [0.1, 0.15) is 18.5 Å². The van der Waals surface area contributed by atoms with Crippen molar-refractivity contribution in [1.29, 1.82) is 0 Å². The summed E-state index contributed by atoms with van der Waals surface area (Å²) in [7, 11) is 1.61. The molecule has 0 radical (unpaired) electrons. The monoisotopic (exact) mass is 469 g/mol. The number of hydrogen-bond donors (Lipinski definition) is 1. The van der Waals surface area contributed by atoms with Gasteiger partial charge in [0.05, 0.1) is 24.4 Å². The van der Waals surface area contributed by atoms with Crippen molar-refractivity contribution in [3.05, 3.63) is 95.1 Å². The highest BCUT2D eigenvalue weighted by atomic mass is 16.5. The zero-order chi connectivity index (χ0) is 24.7. The number of para-hydroxylation sites is 1. The number of fused-ring (bicyclic) bond motifs is 5. The van der Waals surface area contributed by atoms with Gasteiger partial charge in [0.15, 0.2) is 0 Å². The first-order chi connectivity index (χ1) is 16.9. The number of nitrogens with one attached hydrogen (secondary N) is 1. The number of carbonyl (C=O) groups excluding carboxylic acids is 3. The number of ether oxygens (including phenoxy) is 1. The molecule has 0 saturated carbocycles. The number of methoxy groups -OCH3 is 1. The van der Waals surface area contributed by atoms with E-state index in [2.05, 4.69) is 5.32 Å². The van der Waals surface area contributed by atoms with E-state index in [1.807, 2.05) is 62.4 Å². The van der Waals surface area contributed by atoms with Crippen LogP contribution in [0.3, 0.4) is 0 Å². The molecule has 0 fully saturated rings. The van der Waals surface area contributed by atoms with Gasteiger partial charge in [-0.25, -0.2) is 0 Å². The lowest BCUT2D eigenvalue weighted by Crippen LogP contribution is -2.51. The average molecular weight is 470 g/mol. The third kappa shape index (κ3) is 3.83. The Hall–Kier alpha value is -4.13. The molecular formula is C28H27N3O4. The van der Waals surface area contributed by atoms with Crippen molar-refractivity contribution < 1.29 is 19.1 Å². The lowest BCUT2D eigenvalue weighted by Gasteiger charge is -2.40. The quantitative estimate of drug-likeness (QED) is 0.583. The molecule has 2 heterocycles. The van der Waals surface area contributed by atoms with Gasteiger partial charge in [0.25, 0.3) is 11.8 Å². The third-order valence-electron chi connectivity index (χ3n) is 6.65. The van der Waals surface area contributed by atoms with E-state index >= 15 is 0 Å². The second-order valence-corrected chi connectivity index (χ2v) is 9.15. The molecule has 3 aromatic rings. The minimum Gasteiger partial charge on any atom is -0.497 e. The third-order valence-corrected chi connectivity index (χ3v) is 6.65. The van der Waals surface area contributed by atoms with Crippen LogP contribution >= 0.6 is 0 Å². The van der Waals surface area contributed by atoms with Crippen molar-refractivity contribution in [2.24, 2.45) is 5.92 Å². The van der Waals surface area contributed by atoms with Crippen LogP contribution in [-0.2, 0) is 4.79 Å². The minimum atomic E-state index is -0.662. The van der Waals surface area contributed by atoms with Crippen LogP contribution in [-0.4, -0.2) is 36.3 Å². The van der Waals surface area contributed by atoms with Crippen molar-refractivity contribution in [1.82, 2.24) is 10.2 Å². The number of rotatable bonds is 6. The highest BCUT2D eigenvalue weighted by Gasteiger charge is 2.48. The van der Waals surface area contributed by atoms with Crippen molar-refractivity contribution in [2.45, 2.75) is 26.1 Å². The Bertz CT molecular complexity index is 1300. The summed E-state index contributed by atoms with van der Waals surface area (Å²) in [5, 5.41) is 3.10. The van der Waals surface area contributed by atoms with Gasteiger partial charge in [0.2, 0.25) is 5.91 Å². The van der Waals surface area contributed by atoms with Gasteiger partial charge < -0.3 is 15.0 Å². The Labute approximate surface area is 204 Å². The zero-order valence-electron chi connectivity index (χ0n) is 19.9. The summed E-state index contributed by atoms with van der Waals surface area (Å²) in [6.07, 6.45) is -0.662. The summed E-state index contributed by atoms with van der Waals surface area (Å²) < 4.78 is 5.25. The van der Waals surface area contributed by atoms with Gasteiger partial charge in [-0.1, -0.05) is 56.3 Å². The van der Waals surface area contributed by atoms with Crippen LogP contribution in [0, 0.1) is 5.92 Å². The van der Waals surface area contributed by atoms with Crippen LogP contribution in [0.25, 0.3) is 0 Å². The Balaban J connectivity index is 1.46. The first-order valence-electron chi connectivity index (χ1n) is 11.7. The maximum absolute atomic E-state index is 13.6. The van der Waals surface area contributed by atoms with E-state index in [4.69, 9.17) is 4.74 Å². The Kier molecular flexibility index (Phi) is 5.76. The highest BCUT2D eigenvalue weighted by Crippen LogP contribution is 2.45. The van der Waals surface area contributed by atoms with E-state index in [0.717, 1.165) is 16.9 Å². The molecule has 2 atom stereocenters. The lowest BCUT2D eigenvalue weighted by molar-refractivity contribution is -0.123. The average Bonchev–Trinajstić information content (AvgIpc) is 3.17. The fourth-order valence-electron chi connectivity index (χ4n) is 4.95. The van der Waals surface area contributed by atoms with E-state index in [9.17, 15) is 14.4 Å². The summed E-state index contributed by atoms with van der Waals surface area (Å²) in [6.45, 7) is 3.89. The standard InChI is InChI=1S/C28H27N3O4/c1-17(2)25(18-12-14-19(35-3)15-13-18)29-24(32)16-30-26-20-8-4-5-9-21(20)28(34)31(26)23-11-7-6-10-22(23)27(30)33/h4-15,17,25-26H,16H2,1-3H3,(H,29,32)/t25-,26+/m0/s1. The van der Waals surface area contributed by atoms with Gasteiger partial charge in [-0.3, -0.25) is 19.3 Å². The molecule has 7 nitrogen and oxygen atoms in total. The molecular weight excluding hydrogens is 442 g/mol. The summed E-state index contributed by atoms with van der Waals surface area (Å²) >= 11 is 0. The largest absolute Gasteiger partial charge is 0.497 e. The van der Waals surface area contributed by atoms with E-state index in [1.54, 1.807) is 36.3 Å². The maximum Gasteiger partial charge on any atom is 0.260 e. The van der Waals surface area contributed by atoms with Crippen molar-refractivity contribution >= 4 is 23.4 Å². The Morgan fingerprint density at radius 1 is 0.914 bits per heavy atom. The molecule has 0 aliphatic carbocycles. The molecule has 2 aliphatic heterocycles. The fourth-order valence-corrected chi connectivity index (χ4v) is 4.95. The van der Waals surface area contributed by atoms with Gasteiger partial charge in [-0.15, -0.1) is 0 Å². The molecule has 2 aliphatic rings. The number of hydrogen-bond acceptors (Lipinski definition) is 4. The van der Waals surface area contributed by atoms with Crippen LogP contribution in [0.2, 0.25) is 0 Å². The molecule has 0 aromatic heterocycles. The van der Waals surface area contributed by atoms with Crippen LogP contribution in [0.4, 0.5) is 5.69 Å². The molecule has 0 saturated heterocycles. The van der Waals surface area contributed by atoms with Crippen molar-refractivity contribution in [3.8, 4) is 5.75 Å². The molecule has 178 valence electrons. The summed E-state index contributed by atoms with van der Waals surface area (Å²) in [6, 6.07) is 21.7. The topological polar surface area (TPSA) is 79.0 Å². The normalized spacial score (nSPS) is 17.1. The molecule has 0 spiro atoms. The summed E-state index contributed by atoms with van der Waals surface area (Å²) in [5.41, 5.74) is 3.20. The van der Waals surface area contributed by atoms with Gasteiger partial charge in [-0.05, 0) is 41.8 Å². The number of carbonyl (C=O) groups is 3. The molecule has 35 heavy (non-hydrogen) atoms. The second-order valence-electron chi connectivity index (χ2n) is 9.15. The van der Waals surface area contributed by atoms with Gasteiger partial charge in [-0.2, -0.15) is 0 Å². The van der Waals surface area contributed by atoms with Crippen LogP contribution in [0.15, 0.2) is 72.8 Å². The van der Waals surface area contributed by atoms with Gasteiger partial charge in [0, 0.05) is 11.1 Å². The predicted molar refractivity (Wildman–Crippen MR) is 132 cm³/mol.